The monoisotopic (exact) mass is 475 g/mol. The van der Waals surface area contributed by atoms with Gasteiger partial charge in [0.05, 0.1) is 0 Å². The highest BCUT2D eigenvalue weighted by Gasteiger charge is 2.38. The van der Waals surface area contributed by atoms with E-state index in [1.54, 1.807) is 34.6 Å². The summed E-state index contributed by atoms with van der Waals surface area (Å²) in [7, 11) is 0. The van der Waals surface area contributed by atoms with Crippen LogP contribution in [0.15, 0.2) is 30.3 Å². The van der Waals surface area contributed by atoms with Crippen LogP contribution < -0.4 is 10.6 Å². The van der Waals surface area contributed by atoms with Gasteiger partial charge >= 0.3 is 12.1 Å². The molecule has 1 aromatic carbocycles. The number of amides is 3. The van der Waals surface area contributed by atoms with E-state index in [1.807, 2.05) is 30.3 Å². The molecule has 9 heteroatoms. The summed E-state index contributed by atoms with van der Waals surface area (Å²) < 4.78 is 10.8. The van der Waals surface area contributed by atoms with Crippen LogP contribution in [0.5, 0.6) is 0 Å². The second kappa shape index (κ2) is 11.9. The fraction of sp³-hybridized carbons (Fsp3) is 0.600. The molecule has 1 saturated heterocycles. The van der Waals surface area contributed by atoms with Crippen molar-refractivity contribution in [1.29, 1.82) is 0 Å². The number of hydrogen-bond donors (Lipinski definition) is 2. The van der Waals surface area contributed by atoms with Crippen LogP contribution >= 0.6 is 0 Å². The second-order valence-corrected chi connectivity index (χ2v) is 9.89. The Labute approximate surface area is 201 Å². The van der Waals surface area contributed by atoms with E-state index in [4.69, 9.17) is 9.47 Å². The molecule has 1 aromatic rings. The average Bonchev–Trinajstić information content (AvgIpc) is 3.25. The van der Waals surface area contributed by atoms with Gasteiger partial charge in [0.25, 0.3) is 0 Å². The molecule has 188 valence electrons. The van der Waals surface area contributed by atoms with Crippen LogP contribution in [0.4, 0.5) is 4.79 Å². The molecule has 0 radical (unpaired) electrons. The highest BCUT2D eigenvalue weighted by atomic mass is 16.6. The van der Waals surface area contributed by atoms with Gasteiger partial charge in [0.1, 0.15) is 30.3 Å². The lowest BCUT2D eigenvalue weighted by Gasteiger charge is -2.29. The van der Waals surface area contributed by atoms with Gasteiger partial charge < -0.3 is 20.1 Å². The molecule has 3 atom stereocenters. The van der Waals surface area contributed by atoms with Gasteiger partial charge in [-0.25, -0.2) is 9.59 Å². The number of hydrogen-bond acceptors (Lipinski definition) is 6. The van der Waals surface area contributed by atoms with E-state index in [9.17, 15) is 19.2 Å². The van der Waals surface area contributed by atoms with Crippen molar-refractivity contribution in [2.75, 3.05) is 6.54 Å². The lowest BCUT2D eigenvalue weighted by atomic mass is 10.0. The van der Waals surface area contributed by atoms with E-state index in [-0.39, 0.29) is 12.5 Å². The van der Waals surface area contributed by atoms with Gasteiger partial charge in [0.15, 0.2) is 0 Å². The molecule has 9 nitrogen and oxygen atoms in total. The van der Waals surface area contributed by atoms with Crippen LogP contribution in [0.2, 0.25) is 0 Å². The zero-order valence-electron chi connectivity index (χ0n) is 20.9. The van der Waals surface area contributed by atoms with Crippen molar-refractivity contribution in [1.82, 2.24) is 15.5 Å². The zero-order valence-corrected chi connectivity index (χ0v) is 20.9. The van der Waals surface area contributed by atoms with E-state index in [0.29, 0.717) is 19.4 Å². The molecule has 0 bridgehead atoms. The highest BCUT2D eigenvalue weighted by molar-refractivity contribution is 5.93. The van der Waals surface area contributed by atoms with E-state index >= 15 is 0 Å². The summed E-state index contributed by atoms with van der Waals surface area (Å²) in [6, 6.07) is 6.79. The van der Waals surface area contributed by atoms with Crippen molar-refractivity contribution in [3.8, 4) is 0 Å². The van der Waals surface area contributed by atoms with Crippen molar-refractivity contribution < 1.29 is 28.7 Å². The summed E-state index contributed by atoms with van der Waals surface area (Å²) in [5.74, 6) is -1.70. The molecule has 0 unspecified atom stereocenters. The summed E-state index contributed by atoms with van der Waals surface area (Å²) in [6.45, 7) is 10.9. The molecule has 1 fully saturated rings. The molecule has 1 aliphatic rings. The highest BCUT2D eigenvalue weighted by Crippen LogP contribution is 2.21. The Morgan fingerprint density at radius 1 is 1.06 bits per heavy atom. The van der Waals surface area contributed by atoms with Crippen molar-refractivity contribution >= 4 is 23.9 Å². The quantitative estimate of drug-likeness (QED) is 0.559. The van der Waals surface area contributed by atoms with Gasteiger partial charge in [0, 0.05) is 6.54 Å². The Kier molecular flexibility index (Phi) is 9.46. The third-order valence-corrected chi connectivity index (χ3v) is 5.38. The number of carbonyl (C=O) groups is 4. The number of nitrogens with zero attached hydrogens (tertiary/aromatic N) is 1. The molecule has 3 amide bonds. The van der Waals surface area contributed by atoms with Gasteiger partial charge in [-0.2, -0.15) is 0 Å². The topological polar surface area (TPSA) is 114 Å². The first-order chi connectivity index (χ1) is 15.9. The molecule has 0 aliphatic carbocycles. The van der Waals surface area contributed by atoms with Crippen LogP contribution in [0, 0.1) is 5.92 Å². The van der Waals surface area contributed by atoms with Gasteiger partial charge in [-0.3, -0.25) is 14.5 Å². The van der Waals surface area contributed by atoms with Crippen LogP contribution in [0.1, 0.15) is 59.9 Å². The molecular weight excluding hydrogens is 438 g/mol. The fourth-order valence-electron chi connectivity index (χ4n) is 3.55. The van der Waals surface area contributed by atoms with E-state index in [0.717, 1.165) is 5.56 Å². The van der Waals surface area contributed by atoms with Crippen molar-refractivity contribution in [2.45, 2.75) is 84.7 Å². The summed E-state index contributed by atoms with van der Waals surface area (Å²) in [5.41, 5.74) is 0.172. The maximum absolute atomic E-state index is 12.8. The lowest BCUT2D eigenvalue weighted by molar-refractivity contribution is -0.150. The minimum absolute atomic E-state index is 0.104. The third kappa shape index (κ3) is 8.04. The Hall–Kier alpha value is -3.10. The average molecular weight is 476 g/mol. The van der Waals surface area contributed by atoms with Crippen LogP contribution in [0.25, 0.3) is 0 Å². The first kappa shape index (κ1) is 27.1. The number of benzene rings is 1. The first-order valence-electron chi connectivity index (χ1n) is 11.7. The van der Waals surface area contributed by atoms with Gasteiger partial charge in [-0.05, 0) is 52.0 Å². The molecular formula is C25H37N3O6. The SMILES string of the molecule is CC(C)[C@H](NC(=O)[C@H](C)NC(=O)[C@@H]1CCCN1C(=O)OC(C)(C)C)C(=O)OCc1ccccc1. The summed E-state index contributed by atoms with van der Waals surface area (Å²) >= 11 is 0. The number of rotatable bonds is 8. The second-order valence-electron chi connectivity index (χ2n) is 9.89. The predicted octanol–water partition coefficient (Wildman–Crippen LogP) is 2.77. The van der Waals surface area contributed by atoms with Crippen molar-refractivity contribution in [3.05, 3.63) is 35.9 Å². The minimum Gasteiger partial charge on any atom is -0.459 e. The number of ether oxygens (including phenoxy) is 2. The molecule has 34 heavy (non-hydrogen) atoms. The van der Waals surface area contributed by atoms with E-state index in [1.165, 1.54) is 11.8 Å². The molecule has 0 saturated carbocycles. The number of carbonyl (C=O) groups excluding carboxylic acids is 4. The Bertz CT molecular complexity index is 865. The van der Waals surface area contributed by atoms with E-state index < -0.39 is 47.6 Å². The van der Waals surface area contributed by atoms with Crippen LogP contribution in [0.3, 0.4) is 0 Å². The van der Waals surface area contributed by atoms with Gasteiger partial charge in [-0.1, -0.05) is 44.2 Å². The first-order valence-corrected chi connectivity index (χ1v) is 11.7. The molecule has 0 aromatic heterocycles. The van der Waals surface area contributed by atoms with Gasteiger partial charge in [-0.15, -0.1) is 0 Å². The largest absolute Gasteiger partial charge is 0.459 e. The van der Waals surface area contributed by atoms with Crippen molar-refractivity contribution in [2.24, 2.45) is 5.92 Å². The molecule has 2 N–H and O–H groups in total. The third-order valence-electron chi connectivity index (χ3n) is 5.38. The number of esters is 1. The molecule has 2 rings (SSSR count). The fourth-order valence-corrected chi connectivity index (χ4v) is 3.55. The summed E-state index contributed by atoms with van der Waals surface area (Å²) in [6.07, 6.45) is 0.601. The zero-order chi connectivity index (χ0) is 25.5. The maximum Gasteiger partial charge on any atom is 0.410 e. The summed E-state index contributed by atoms with van der Waals surface area (Å²) in [4.78, 5) is 52.0. The molecule has 0 spiro atoms. The number of likely N-dealkylation sites (tertiary alicyclic amines) is 1. The Morgan fingerprint density at radius 3 is 2.29 bits per heavy atom. The van der Waals surface area contributed by atoms with Crippen molar-refractivity contribution in [3.63, 3.8) is 0 Å². The smallest absolute Gasteiger partial charge is 0.410 e. The summed E-state index contributed by atoms with van der Waals surface area (Å²) in [5, 5.41) is 5.34. The minimum atomic E-state index is -0.906. The normalized spacial score (nSPS) is 17.6. The van der Waals surface area contributed by atoms with Crippen LogP contribution in [-0.4, -0.2) is 59.0 Å². The predicted molar refractivity (Wildman–Crippen MR) is 127 cm³/mol. The van der Waals surface area contributed by atoms with E-state index in [2.05, 4.69) is 10.6 Å². The van der Waals surface area contributed by atoms with Gasteiger partial charge in [0.2, 0.25) is 11.8 Å². The Balaban J connectivity index is 1.93. The Morgan fingerprint density at radius 2 is 1.71 bits per heavy atom. The number of nitrogens with one attached hydrogen (secondary N) is 2. The van der Waals surface area contributed by atoms with Crippen LogP contribution in [-0.2, 0) is 30.5 Å². The lowest BCUT2D eigenvalue weighted by Crippen LogP contribution is -2.55. The molecule has 1 heterocycles. The molecule has 1 aliphatic heterocycles. The maximum atomic E-state index is 12.8. The standard InChI is InChI=1S/C25H37N3O6/c1-16(2)20(23(31)33-15-18-11-8-7-9-12-18)27-21(29)17(3)26-22(30)19-13-10-14-28(19)24(32)34-25(4,5)6/h7-9,11-12,16-17,19-20H,10,13-15H2,1-6H3,(H,26,30)(H,27,29)/t17-,19-,20-/m0/s1.